The Hall–Kier alpha value is -1.71. The van der Waals surface area contributed by atoms with Gasteiger partial charge in [0.25, 0.3) is 0 Å². The van der Waals surface area contributed by atoms with E-state index in [0.29, 0.717) is 12.3 Å². The molecule has 0 aliphatic rings. The van der Waals surface area contributed by atoms with Crippen LogP contribution in [0.1, 0.15) is 36.5 Å². The maximum Gasteiger partial charge on any atom is 0.120 e. The maximum atomic E-state index is 10.5. The van der Waals surface area contributed by atoms with Crippen LogP contribution in [0, 0.1) is 19.8 Å². The predicted octanol–water partition coefficient (Wildman–Crippen LogP) is 2.74. The number of hydrogen-bond donors (Lipinski definition) is 0. The normalized spacial score (nSPS) is 12.8. The van der Waals surface area contributed by atoms with Crippen molar-refractivity contribution in [2.45, 2.75) is 40.0 Å². The molecule has 0 N–H and O–H groups in total. The fourth-order valence-corrected chi connectivity index (χ4v) is 2.63. The van der Waals surface area contributed by atoms with Gasteiger partial charge in [-0.3, -0.25) is 0 Å². The van der Waals surface area contributed by atoms with E-state index in [9.17, 15) is 4.79 Å². The first-order valence-corrected chi connectivity index (χ1v) is 6.76. The second-order valence-corrected chi connectivity index (χ2v) is 5.41. The average molecular weight is 259 g/mol. The van der Waals surface area contributed by atoms with Crippen LogP contribution in [0.2, 0.25) is 0 Å². The lowest BCUT2D eigenvalue weighted by Gasteiger charge is -2.14. The first-order chi connectivity index (χ1) is 9.02. The Morgan fingerprint density at radius 1 is 1.37 bits per heavy atom. The molecule has 0 aliphatic carbocycles. The zero-order valence-electron chi connectivity index (χ0n) is 12.1. The van der Waals surface area contributed by atoms with E-state index in [2.05, 4.69) is 37.0 Å². The second-order valence-electron chi connectivity index (χ2n) is 5.41. The number of aldehydes is 1. The molecule has 2 rings (SSSR count). The van der Waals surface area contributed by atoms with Crippen molar-refractivity contribution in [1.29, 1.82) is 0 Å². The Balaban J connectivity index is 2.34. The molecule has 1 aromatic heterocycles. The van der Waals surface area contributed by atoms with Gasteiger partial charge in [0, 0.05) is 13.5 Å². The predicted molar refractivity (Wildman–Crippen MR) is 76.1 cm³/mol. The average Bonchev–Trinajstić information content (AvgIpc) is 2.72. The zero-order chi connectivity index (χ0) is 14.0. The van der Waals surface area contributed by atoms with Gasteiger partial charge in [0.05, 0.1) is 0 Å². The summed E-state index contributed by atoms with van der Waals surface area (Å²) in [5, 5.41) is 8.80. The molecule has 4 nitrogen and oxygen atoms in total. The molecule has 1 unspecified atom stereocenters. The van der Waals surface area contributed by atoms with E-state index in [0.717, 1.165) is 30.2 Å². The molecule has 0 saturated heterocycles. The number of hydrogen-bond acceptors (Lipinski definition) is 3. The summed E-state index contributed by atoms with van der Waals surface area (Å²) in [5.74, 6) is 0.511. The number of rotatable bonds is 5. The molecule has 2 aromatic rings. The Morgan fingerprint density at radius 3 is 2.79 bits per heavy atom. The summed E-state index contributed by atoms with van der Waals surface area (Å²) in [4.78, 5) is 12.1. The minimum atomic E-state index is 0.511. The molecule has 19 heavy (non-hydrogen) atoms. The zero-order valence-corrected chi connectivity index (χ0v) is 12.1. The molecule has 0 bridgehead atoms. The summed E-state index contributed by atoms with van der Waals surface area (Å²) >= 11 is 0. The van der Waals surface area contributed by atoms with Crippen LogP contribution >= 0.6 is 0 Å². The minimum Gasteiger partial charge on any atom is -0.303 e. The molecule has 0 amide bonds. The first kappa shape index (κ1) is 13.7. The number of nitrogens with zero attached hydrogens (tertiary/aromatic N) is 3. The monoisotopic (exact) mass is 259 g/mol. The second kappa shape index (κ2) is 5.51. The van der Waals surface area contributed by atoms with Gasteiger partial charge in [-0.1, -0.05) is 6.92 Å². The number of carbonyl (C=O) groups is 1. The third-order valence-corrected chi connectivity index (χ3v) is 3.71. The van der Waals surface area contributed by atoms with Crippen molar-refractivity contribution in [2.24, 2.45) is 13.0 Å². The summed E-state index contributed by atoms with van der Waals surface area (Å²) in [6, 6.07) is 2.11. The van der Waals surface area contributed by atoms with Crippen LogP contribution in [0.4, 0.5) is 0 Å². The van der Waals surface area contributed by atoms with Gasteiger partial charge < -0.3 is 4.79 Å². The van der Waals surface area contributed by atoms with Crippen LogP contribution in [0.25, 0.3) is 11.0 Å². The van der Waals surface area contributed by atoms with Crippen LogP contribution < -0.4 is 0 Å². The molecular formula is C15H21N3O. The molecule has 0 radical (unpaired) electrons. The third kappa shape index (κ3) is 2.83. The van der Waals surface area contributed by atoms with E-state index in [1.807, 2.05) is 7.05 Å². The van der Waals surface area contributed by atoms with Gasteiger partial charge in [-0.2, -0.15) is 15.0 Å². The maximum absolute atomic E-state index is 10.5. The van der Waals surface area contributed by atoms with Crippen LogP contribution in [-0.4, -0.2) is 21.3 Å². The van der Waals surface area contributed by atoms with Crippen LogP contribution in [0.5, 0.6) is 0 Å². The van der Waals surface area contributed by atoms with Gasteiger partial charge >= 0.3 is 0 Å². The van der Waals surface area contributed by atoms with E-state index < -0.39 is 0 Å². The number of aromatic nitrogens is 3. The first-order valence-electron chi connectivity index (χ1n) is 6.76. The van der Waals surface area contributed by atoms with Gasteiger partial charge in [0.1, 0.15) is 17.3 Å². The Morgan fingerprint density at radius 2 is 2.11 bits per heavy atom. The largest absolute Gasteiger partial charge is 0.303 e. The summed E-state index contributed by atoms with van der Waals surface area (Å²) < 4.78 is 0. The lowest BCUT2D eigenvalue weighted by molar-refractivity contribution is -0.108. The van der Waals surface area contributed by atoms with E-state index in [4.69, 9.17) is 0 Å². The summed E-state index contributed by atoms with van der Waals surface area (Å²) in [6.07, 6.45) is 3.59. The molecule has 4 heteroatoms. The smallest absolute Gasteiger partial charge is 0.120 e. The number of aryl methyl sites for hydroxylation is 3. The lowest BCUT2D eigenvalue weighted by Crippen LogP contribution is -2.04. The highest BCUT2D eigenvalue weighted by molar-refractivity contribution is 5.80. The molecule has 1 heterocycles. The fraction of sp³-hybridized carbons (Fsp3) is 0.533. The number of fused-ring (bicyclic) bond motifs is 1. The van der Waals surface area contributed by atoms with Crippen molar-refractivity contribution in [3.05, 3.63) is 22.8 Å². The van der Waals surface area contributed by atoms with E-state index in [1.165, 1.54) is 16.7 Å². The lowest BCUT2D eigenvalue weighted by atomic mass is 9.90. The molecule has 1 atom stereocenters. The Labute approximate surface area is 113 Å². The summed E-state index contributed by atoms with van der Waals surface area (Å²) in [7, 11) is 1.85. The van der Waals surface area contributed by atoms with E-state index in [1.54, 1.807) is 4.80 Å². The molecular weight excluding hydrogens is 238 g/mol. The standard InChI is InChI=1S/C15H21N3O/c1-10(6-5-7-19)8-13-11(2)9-14-15(12(13)3)17-18(4)16-14/h7,9-10H,5-6,8H2,1-4H3. The highest BCUT2D eigenvalue weighted by Gasteiger charge is 2.14. The van der Waals surface area contributed by atoms with Gasteiger partial charge in [0.2, 0.25) is 0 Å². The Kier molecular flexibility index (Phi) is 3.98. The van der Waals surface area contributed by atoms with E-state index in [-0.39, 0.29) is 0 Å². The number of benzene rings is 1. The number of carbonyl (C=O) groups excluding carboxylic acids is 1. The molecule has 0 fully saturated rings. The van der Waals surface area contributed by atoms with Crippen molar-refractivity contribution in [1.82, 2.24) is 15.0 Å². The minimum absolute atomic E-state index is 0.511. The summed E-state index contributed by atoms with van der Waals surface area (Å²) in [5.41, 5.74) is 5.79. The van der Waals surface area contributed by atoms with Crippen molar-refractivity contribution < 1.29 is 4.79 Å². The highest BCUT2D eigenvalue weighted by Crippen LogP contribution is 2.25. The van der Waals surface area contributed by atoms with E-state index >= 15 is 0 Å². The van der Waals surface area contributed by atoms with Gasteiger partial charge in [-0.25, -0.2) is 0 Å². The SMILES string of the molecule is Cc1cc2nn(C)nc2c(C)c1CC(C)CCC=O. The van der Waals surface area contributed by atoms with Crippen LogP contribution in [0.15, 0.2) is 6.07 Å². The van der Waals surface area contributed by atoms with Crippen molar-refractivity contribution in [2.75, 3.05) is 0 Å². The third-order valence-electron chi connectivity index (χ3n) is 3.71. The molecule has 0 aliphatic heterocycles. The highest BCUT2D eigenvalue weighted by atomic mass is 16.1. The topological polar surface area (TPSA) is 47.8 Å². The van der Waals surface area contributed by atoms with Gasteiger partial charge in [-0.05, 0) is 55.4 Å². The summed E-state index contributed by atoms with van der Waals surface area (Å²) in [6.45, 7) is 6.44. The van der Waals surface area contributed by atoms with Crippen LogP contribution in [-0.2, 0) is 18.3 Å². The molecule has 1 aromatic carbocycles. The molecule has 0 saturated carbocycles. The van der Waals surface area contributed by atoms with Crippen molar-refractivity contribution >= 4 is 17.3 Å². The molecule has 0 spiro atoms. The van der Waals surface area contributed by atoms with Crippen molar-refractivity contribution in [3.8, 4) is 0 Å². The van der Waals surface area contributed by atoms with Crippen molar-refractivity contribution in [3.63, 3.8) is 0 Å². The van der Waals surface area contributed by atoms with Gasteiger partial charge in [-0.15, -0.1) is 0 Å². The van der Waals surface area contributed by atoms with Crippen LogP contribution in [0.3, 0.4) is 0 Å². The Bertz CT molecular complexity index is 601. The van der Waals surface area contributed by atoms with Gasteiger partial charge in [0.15, 0.2) is 0 Å². The quantitative estimate of drug-likeness (QED) is 0.776. The molecule has 102 valence electrons. The fourth-order valence-electron chi connectivity index (χ4n) is 2.63.